The molecule has 186 valence electrons. The van der Waals surface area contributed by atoms with Crippen molar-refractivity contribution in [2.24, 2.45) is 0 Å². The second-order valence-electron chi connectivity index (χ2n) is 9.16. The lowest BCUT2D eigenvalue weighted by molar-refractivity contribution is -0.135. The number of nitrogens with zero attached hydrogens (tertiary/aromatic N) is 2. The van der Waals surface area contributed by atoms with Crippen LogP contribution in [0.4, 0.5) is 18.9 Å². The van der Waals surface area contributed by atoms with Gasteiger partial charge in [0.05, 0.1) is 22.7 Å². The zero-order chi connectivity index (χ0) is 25.3. The summed E-state index contributed by atoms with van der Waals surface area (Å²) in [5, 5.41) is 4.14. The van der Waals surface area contributed by atoms with Crippen LogP contribution >= 0.6 is 0 Å². The number of fused-ring (bicyclic) bond motifs is 1. The molecule has 1 saturated heterocycles. The van der Waals surface area contributed by atoms with Crippen molar-refractivity contribution in [3.63, 3.8) is 0 Å². The van der Waals surface area contributed by atoms with Gasteiger partial charge in [0.1, 0.15) is 5.82 Å². The van der Waals surface area contributed by atoms with Crippen molar-refractivity contribution < 1.29 is 22.7 Å². The van der Waals surface area contributed by atoms with Crippen molar-refractivity contribution in [1.29, 1.82) is 0 Å². The Hall–Kier alpha value is -3.13. The number of hydrogen-bond donors (Lipinski definition) is 1. The molecule has 1 aromatic heterocycles. The molecule has 0 unspecified atom stereocenters. The predicted octanol–water partition coefficient (Wildman–Crippen LogP) is 6.28. The number of ether oxygens (including phenoxy) is 1. The zero-order valence-electron chi connectivity index (χ0n) is 20.4. The third-order valence-corrected chi connectivity index (χ3v) is 7.00. The fraction of sp³-hybridized carbons (Fsp3) is 0.407. The first-order valence-electron chi connectivity index (χ1n) is 11.7. The number of carbonyl (C=O) groups is 1. The SMILES string of the molecule is COC1(c2ccc3nc(C)cc(N[C@H](C)c4cccc(C(F)F)c4F)c3c2)CCN(C(C)=O)CC1. The molecular weight excluding hydrogens is 455 g/mol. The number of aryl methyl sites for hydroxylation is 1. The van der Waals surface area contributed by atoms with Crippen LogP contribution < -0.4 is 5.32 Å². The Labute approximate surface area is 203 Å². The lowest BCUT2D eigenvalue weighted by atomic mass is 9.83. The summed E-state index contributed by atoms with van der Waals surface area (Å²) < 4.78 is 47.2. The van der Waals surface area contributed by atoms with Gasteiger partial charge < -0.3 is 15.0 Å². The number of anilines is 1. The number of halogens is 3. The van der Waals surface area contributed by atoms with Crippen molar-refractivity contribution in [2.75, 3.05) is 25.5 Å². The third kappa shape index (κ3) is 4.85. The van der Waals surface area contributed by atoms with Crippen molar-refractivity contribution >= 4 is 22.5 Å². The second-order valence-corrected chi connectivity index (χ2v) is 9.16. The number of aromatic nitrogens is 1. The highest BCUT2D eigenvalue weighted by Crippen LogP contribution is 2.39. The van der Waals surface area contributed by atoms with Crippen LogP contribution in [0.1, 0.15) is 61.5 Å². The average molecular weight is 486 g/mol. The molecule has 1 fully saturated rings. The summed E-state index contributed by atoms with van der Waals surface area (Å²) in [7, 11) is 1.68. The number of pyridine rings is 1. The Morgan fingerprint density at radius 2 is 1.83 bits per heavy atom. The lowest BCUT2D eigenvalue weighted by Crippen LogP contribution is -2.45. The van der Waals surface area contributed by atoms with Gasteiger partial charge in [-0.05, 0) is 50.5 Å². The van der Waals surface area contributed by atoms with Gasteiger partial charge in [-0.1, -0.05) is 24.3 Å². The minimum atomic E-state index is -2.88. The summed E-state index contributed by atoms with van der Waals surface area (Å²) in [5.41, 5.74) is 2.28. The van der Waals surface area contributed by atoms with Crippen LogP contribution in [-0.2, 0) is 15.1 Å². The first-order valence-corrected chi connectivity index (χ1v) is 11.7. The molecule has 0 spiro atoms. The molecule has 1 aliphatic heterocycles. The van der Waals surface area contributed by atoms with E-state index in [1.54, 1.807) is 21.0 Å². The molecule has 1 amide bonds. The minimum absolute atomic E-state index is 0.0523. The van der Waals surface area contributed by atoms with Crippen LogP contribution in [0.3, 0.4) is 0 Å². The second kappa shape index (κ2) is 9.85. The maximum atomic E-state index is 14.8. The van der Waals surface area contributed by atoms with Crippen LogP contribution in [0.25, 0.3) is 10.9 Å². The molecule has 2 aromatic carbocycles. The van der Waals surface area contributed by atoms with Crippen molar-refractivity contribution in [1.82, 2.24) is 9.88 Å². The Morgan fingerprint density at radius 1 is 1.14 bits per heavy atom. The molecule has 0 bridgehead atoms. The molecule has 1 atom stereocenters. The van der Waals surface area contributed by atoms with Gasteiger partial charge in [0.2, 0.25) is 5.91 Å². The largest absolute Gasteiger partial charge is 0.378 e. The molecule has 0 radical (unpaired) electrons. The van der Waals surface area contributed by atoms with E-state index in [4.69, 9.17) is 4.74 Å². The lowest BCUT2D eigenvalue weighted by Gasteiger charge is -2.41. The summed E-state index contributed by atoms with van der Waals surface area (Å²) in [6.07, 6.45) is -1.55. The quantitative estimate of drug-likeness (QED) is 0.447. The number of carbonyl (C=O) groups excluding carboxylic acids is 1. The van der Waals surface area contributed by atoms with E-state index in [-0.39, 0.29) is 11.5 Å². The number of hydrogen-bond acceptors (Lipinski definition) is 4. The van der Waals surface area contributed by atoms with Crippen molar-refractivity contribution in [2.45, 2.75) is 51.7 Å². The highest BCUT2D eigenvalue weighted by atomic mass is 19.3. The highest BCUT2D eigenvalue weighted by molar-refractivity contribution is 5.92. The Balaban J connectivity index is 1.71. The Bertz CT molecular complexity index is 1240. The van der Waals surface area contributed by atoms with E-state index >= 15 is 0 Å². The molecule has 0 aliphatic carbocycles. The summed E-state index contributed by atoms with van der Waals surface area (Å²) >= 11 is 0. The van der Waals surface area contributed by atoms with Crippen molar-refractivity contribution in [3.8, 4) is 0 Å². The van der Waals surface area contributed by atoms with Gasteiger partial charge in [-0.15, -0.1) is 0 Å². The molecule has 2 heterocycles. The van der Waals surface area contributed by atoms with Crippen LogP contribution in [0, 0.1) is 12.7 Å². The number of nitrogens with one attached hydrogen (secondary N) is 1. The Morgan fingerprint density at radius 3 is 2.46 bits per heavy atom. The summed E-state index contributed by atoms with van der Waals surface area (Å²) in [6.45, 7) is 6.40. The molecule has 8 heteroatoms. The smallest absolute Gasteiger partial charge is 0.266 e. The maximum Gasteiger partial charge on any atom is 0.266 e. The van der Waals surface area contributed by atoms with Gasteiger partial charge in [-0.3, -0.25) is 9.78 Å². The van der Waals surface area contributed by atoms with Gasteiger partial charge in [-0.2, -0.15) is 0 Å². The molecule has 3 aromatic rings. The first kappa shape index (κ1) is 25.0. The van der Waals surface area contributed by atoms with E-state index < -0.39 is 29.4 Å². The van der Waals surface area contributed by atoms with Crippen LogP contribution in [0.15, 0.2) is 42.5 Å². The molecule has 1 N–H and O–H groups in total. The molecular formula is C27H30F3N3O2. The number of rotatable bonds is 6. The Kier molecular flexibility index (Phi) is 7.03. The molecule has 4 rings (SSSR count). The summed E-state index contributed by atoms with van der Waals surface area (Å²) in [6, 6.07) is 11.3. The van der Waals surface area contributed by atoms with Crippen LogP contribution in [0.5, 0.6) is 0 Å². The fourth-order valence-electron chi connectivity index (χ4n) is 4.94. The number of benzene rings is 2. The minimum Gasteiger partial charge on any atom is -0.378 e. The summed E-state index contributed by atoms with van der Waals surface area (Å²) in [5.74, 6) is -0.842. The highest BCUT2D eigenvalue weighted by Gasteiger charge is 2.37. The van der Waals surface area contributed by atoms with Crippen LogP contribution in [0.2, 0.25) is 0 Å². The van der Waals surface area contributed by atoms with E-state index in [9.17, 15) is 18.0 Å². The average Bonchev–Trinajstić information content (AvgIpc) is 2.83. The van der Waals surface area contributed by atoms with Gasteiger partial charge in [0.15, 0.2) is 0 Å². The summed E-state index contributed by atoms with van der Waals surface area (Å²) in [4.78, 5) is 18.2. The third-order valence-electron chi connectivity index (χ3n) is 7.00. The number of piperidine rings is 1. The van der Waals surface area contributed by atoms with Gasteiger partial charge in [0, 0.05) is 49.5 Å². The molecule has 1 aliphatic rings. The number of likely N-dealkylation sites (tertiary alicyclic amines) is 1. The number of methoxy groups -OCH3 is 1. The maximum absolute atomic E-state index is 14.8. The number of alkyl halides is 2. The first-order chi connectivity index (χ1) is 16.6. The topological polar surface area (TPSA) is 54.5 Å². The normalized spacial score (nSPS) is 16.5. The van der Waals surface area contributed by atoms with Crippen LogP contribution in [-0.4, -0.2) is 36.0 Å². The van der Waals surface area contributed by atoms with Crippen molar-refractivity contribution in [3.05, 3.63) is 70.7 Å². The van der Waals surface area contributed by atoms with Gasteiger partial charge in [0.25, 0.3) is 6.43 Å². The standard InChI is InChI=1S/C27H30F3N3O2/c1-16-14-24(32-17(2)20-6-5-7-21(25(20)28)26(29)30)22-15-19(8-9-23(22)31-16)27(35-4)10-12-33(13-11-27)18(3)34/h5-9,14-15,17,26H,10-13H2,1-4H3,(H,31,32)/t17-/m1/s1. The van der Waals surface area contributed by atoms with E-state index in [0.29, 0.717) is 25.9 Å². The molecule has 5 nitrogen and oxygen atoms in total. The predicted molar refractivity (Wildman–Crippen MR) is 130 cm³/mol. The fourth-order valence-corrected chi connectivity index (χ4v) is 4.94. The molecule has 0 saturated carbocycles. The van der Waals surface area contributed by atoms with Gasteiger partial charge in [-0.25, -0.2) is 13.2 Å². The number of amides is 1. The van der Waals surface area contributed by atoms with E-state index in [0.717, 1.165) is 33.9 Å². The zero-order valence-corrected chi connectivity index (χ0v) is 20.4. The molecule has 35 heavy (non-hydrogen) atoms. The van der Waals surface area contributed by atoms with E-state index in [1.165, 1.54) is 12.1 Å². The van der Waals surface area contributed by atoms with E-state index in [1.807, 2.05) is 36.1 Å². The van der Waals surface area contributed by atoms with E-state index in [2.05, 4.69) is 10.3 Å². The van der Waals surface area contributed by atoms with Gasteiger partial charge >= 0.3 is 0 Å². The monoisotopic (exact) mass is 485 g/mol.